The van der Waals surface area contributed by atoms with E-state index in [0.29, 0.717) is 5.82 Å². The van der Waals surface area contributed by atoms with Gasteiger partial charge in [-0.15, -0.1) is 0 Å². The first-order chi connectivity index (χ1) is 5.54. The molecule has 1 rings (SSSR count). The smallest absolute Gasteiger partial charge is 0.262 e. The van der Waals surface area contributed by atoms with E-state index in [1.54, 1.807) is 7.05 Å². The van der Waals surface area contributed by atoms with Crippen LogP contribution in [-0.4, -0.2) is 20.4 Å². The monoisotopic (exact) mass is 206 g/mol. The summed E-state index contributed by atoms with van der Waals surface area (Å²) in [5.41, 5.74) is 0. The fraction of sp³-hybridized carbons (Fsp3) is 0.167. The van der Waals surface area contributed by atoms with Gasteiger partial charge in [-0.25, -0.2) is 13.4 Å². The Kier molecular flexibility index (Phi) is 2.54. The molecule has 0 fully saturated rings. The largest absolute Gasteiger partial charge is 0.373 e. The van der Waals surface area contributed by atoms with Crippen LogP contribution in [0, 0.1) is 0 Å². The number of pyridine rings is 1. The molecule has 0 radical (unpaired) electrons. The predicted octanol–water partition coefficient (Wildman–Crippen LogP) is 1.05. The van der Waals surface area contributed by atoms with E-state index in [-0.39, 0.29) is 4.90 Å². The quantitative estimate of drug-likeness (QED) is 0.735. The van der Waals surface area contributed by atoms with Gasteiger partial charge in [0.05, 0.1) is 0 Å². The Morgan fingerprint density at radius 3 is 2.50 bits per heavy atom. The van der Waals surface area contributed by atoms with E-state index < -0.39 is 9.05 Å². The van der Waals surface area contributed by atoms with Crippen LogP contribution in [0.1, 0.15) is 0 Å². The first-order valence-corrected chi connectivity index (χ1v) is 5.43. The minimum absolute atomic E-state index is 0.00293. The van der Waals surface area contributed by atoms with Crippen LogP contribution in [0.15, 0.2) is 23.2 Å². The zero-order valence-electron chi connectivity index (χ0n) is 6.28. The van der Waals surface area contributed by atoms with Gasteiger partial charge in [0.1, 0.15) is 10.7 Å². The molecular weight excluding hydrogens is 200 g/mol. The molecule has 0 bridgehead atoms. The van der Waals surface area contributed by atoms with Crippen LogP contribution in [0.4, 0.5) is 5.82 Å². The molecule has 0 aliphatic rings. The van der Waals surface area contributed by atoms with Crippen molar-refractivity contribution in [3.8, 4) is 0 Å². The molecule has 0 atom stereocenters. The van der Waals surface area contributed by atoms with E-state index in [0.717, 1.165) is 0 Å². The lowest BCUT2D eigenvalue weighted by Gasteiger charge is -1.98. The highest BCUT2D eigenvalue weighted by atomic mass is 35.7. The van der Waals surface area contributed by atoms with Gasteiger partial charge in [0, 0.05) is 23.9 Å². The van der Waals surface area contributed by atoms with E-state index in [4.69, 9.17) is 10.7 Å². The Labute approximate surface area is 75.0 Å². The second-order valence-corrected chi connectivity index (χ2v) is 4.63. The molecule has 0 saturated carbocycles. The topological polar surface area (TPSA) is 59.1 Å². The highest BCUT2D eigenvalue weighted by Gasteiger charge is 2.08. The summed E-state index contributed by atoms with van der Waals surface area (Å²) >= 11 is 0. The number of anilines is 1. The third-order valence-corrected chi connectivity index (χ3v) is 2.61. The number of aromatic nitrogens is 1. The molecule has 0 aliphatic carbocycles. The third-order valence-electron chi connectivity index (χ3n) is 1.27. The van der Waals surface area contributed by atoms with E-state index in [9.17, 15) is 8.42 Å². The molecule has 0 aromatic carbocycles. The fourth-order valence-electron chi connectivity index (χ4n) is 0.672. The number of nitrogens with one attached hydrogen (secondary N) is 1. The van der Waals surface area contributed by atoms with Gasteiger partial charge in [-0.3, -0.25) is 0 Å². The minimum atomic E-state index is -3.65. The SMILES string of the molecule is CNc1ccc(S(=O)(=O)Cl)cn1. The van der Waals surface area contributed by atoms with E-state index >= 15 is 0 Å². The van der Waals surface area contributed by atoms with Crippen LogP contribution in [-0.2, 0) is 9.05 Å². The Balaban J connectivity index is 3.09. The van der Waals surface area contributed by atoms with E-state index in [1.165, 1.54) is 18.3 Å². The number of rotatable bonds is 2. The van der Waals surface area contributed by atoms with Gasteiger partial charge in [-0.1, -0.05) is 0 Å². The predicted molar refractivity (Wildman–Crippen MR) is 46.8 cm³/mol. The number of hydrogen-bond acceptors (Lipinski definition) is 4. The summed E-state index contributed by atoms with van der Waals surface area (Å²) in [5, 5.41) is 2.76. The summed E-state index contributed by atoms with van der Waals surface area (Å²) in [6, 6.07) is 2.93. The maximum atomic E-state index is 10.7. The summed E-state index contributed by atoms with van der Waals surface area (Å²) in [6.07, 6.45) is 1.20. The minimum Gasteiger partial charge on any atom is -0.373 e. The summed E-state index contributed by atoms with van der Waals surface area (Å²) in [5.74, 6) is 0.596. The fourth-order valence-corrected chi connectivity index (χ4v) is 1.36. The molecule has 1 heterocycles. The Morgan fingerprint density at radius 2 is 2.17 bits per heavy atom. The average molecular weight is 207 g/mol. The van der Waals surface area contributed by atoms with Gasteiger partial charge in [0.2, 0.25) is 0 Å². The van der Waals surface area contributed by atoms with Gasteiger partial charge in [-0.05, 0) is 12.1 Å². The van der Waals surface area contributed by atoms with Gasteiger partial charge >= 0.3 is 0 Å². The molecule has 1 aromatic rings. The van der Waals surface area contributed by atoms with Crippen molar-refractivity contribution < 1.29 is 8.42 Å². The van der Waals surface area contributed by atoms with Crippen LogP contribution in [0.3, 0.4) is 0 Å². The van der Waals surface area contributed by atoms with Crippen molar-refractivity contribution in [2.45, 2.75) is 4.90 Å². The molecule has 6 heteroatoms. The maximum absolute atomic E-state index is 10.7. The third kappa shape index (κ3) is 2.09. The van der Waals surface area contributed by atoms with Crippen molar-refractivity contribution in [2.75, 3.05) is 12.4 Å². The molecular formula is C6H7ClN2O2S. The molecule has 0 spiro atoms. The summed E-state index contributed by atoms with van der Waals surface area (Å²) in [7, 11) is 3.11. The molecule has 0 unspecified atom stereocenters. The molecule has 66 valence electrons. The Bertz CT molecular complexity index is 360. The highest BCUT2D eigenvalue weighted by molar-refractivity contribution is 8.13. The van der Waals surface area contributed by atoms with Crippen LogP contribution in [0.25, 0.3) is 0 Å². The zero-order valence-corrected chi connectivity index (χ0v) is 7.85. The molecule has 0 saturated heterocycles. The Hall–Kier alpha value is -0.810. The lowest BCUT2D eigenvalue weighted by atomic mass is 10.5. The summed E-state index contributed by atoms with van der Waals surface area (Å²) in [4.78, 5) is 3.79. The van der Waals surface area contributed by atoms with Crippen molar-refractivity contribution in [1.29, 1.82) is 0 Å². The summed E-state index contributed by atoms with van der Waals surface area (Å²) in [6.45, 7) is 0. The van der Waals surface area contributed by atoms with Crippen LogP contribution in [0.2, 0.25) is 0 Å². The number of hydrogen-bond donors (Lipinski definition) is 1. The molecule has 1 aromatic heterocycles. The van der Waals surface area contributed by atoms with E-state index in [2.05, 4.69) is 10.3 Å². The normalized spacial score (nSPS) is 11.2. The molecule has 1 N–H and O–H groups in total. The highest BCUT2D eigenvalue weighted by Crippen LogP contribution is 2.14. The maximum Gasteiger partial charge on any atom is 0.262 e. The van der Waals surface area contributed by atoms with Gasteiger partial charge in [-0.2, -0.15) is 0 Å². The molecule has 4 nitrogen and oxygen atoms in total. The Morgan fingerprint density at radius 1 is 1.50 bits per heavy atom. The van der Waals surface area contributed by atoms with Crippen molar-refractivity contribution >= 4 is 25.6 Å². The van der Waals surface area contributed by atoms with Crippen LogP contribution >= 0.6 is 10.7 Å². The van der Waals surface area contributed by atoms with Crippen molar-refractivity contribution in [3.05, 3.63) is 18.3 Å². The average Bonchev–Trinajstić information content (AvgIpc) is 2.03. The number of nitrogens with zero attached hydrogens (tertiary/aromatic N) is 1. The molecule has 0 amide bonds. The van der Waals surface area contributed by atoms with Gasteiger partial charge in [0.25, 0.3) is 9.05 Å². The van der Waals surface area contributed by atoms with Gasteiger partial charge in [0.15, 0.2) is 0 Å². The second-order valence-electron chi connectivity index (χ2n) is 2.07. The molecule has 12 heavy (non-hydrogen) atoms. The van der Waals surface area contributed by atoms with Crippen LogP contribution in [0.5, 0.6) is 0 Å². The van der Waals surface area contributed by atoms with Gasteiger partial charge < -0.3 is 5.32 Å². The molecule has 0 aliphatic heterocycles. The van der Waals surface area contributed by atoms with Crippen LogP contribution < -0.4 is 5.32 Å². The zero-order chi connectivity index (χ0) is 9.19. The van der Waals surface area contributed by atoms with Crippen molar-refractivity contribution in [3.63, 3.8) is 0 Å². The first kappa shape index (κ1) is 9.28. The summed E-state index contributed by atoms with van der Waals surface area (Å²) < 4.78 is 21.5. The van der Waals surface area contributed by atoms with Crippen molar-refractivity contribution in [1.82, 2.24) is 4.98 Å². The standard InChI is InChI=1S/C6H7ClN2O2S/c1-8-6-3-2-5(4-9-6)12(7,10)11/h2-4H,1H3,(H,8,9). The first-order valence-electron chi connectivity index (χ1n) is 3.12. The lowest BCUT2D eigenvalue weighted by Crippen LogP contribution is -1.95. The van der Waals surface area contributed by atoms with E-state index in [1.807, 2.05) is 0 Å². The second kappa shape index (κ2) is 3.28. The van der Waals surface area contributed by atoms with Crippen molar-refractivity contribution in [2.24, 2.45) is 0 Å². The lowest BCUT2D eigenvalue weighted by molar-refractivity contribution is 0.609. The number of halogens is 1.